The first-order valence-electron chi connectivity index (χ1n) is 19.8. The molecule has 3 fully saturated rings. The molecular formula is C43H67IO12. The fourth-order valence-electron chi connectivity index (χ4n) is 6.40. The van der Waals surface area contributed by atoms with Crippen LogP contribution in [0.15, 0.2) is 30.3 Å². The Labute approximate surface area is 348 Å². The molecule has 12 nitrogen and oxygen atoms in total. The van der Waals surface area contributed by atoms with Gasteiger partial charge in [0.25, 0.3) is 0 Å². The van der Waals surface area contributed by atoms with Crippen LogP contribution in [0.1, 0.15) is 114 Å². The molecule has 0 aromatic heterocycles. The number of benzene rings is 1. The second-order valence-corrected chi connectivity index (χ2v) is 16.9. The van der Waals surface area contributed by atoms with Crippen molar-refractivity contribution < 1.29 is 57.2 Å². The molecule has 0 amide bonds. The highest BCUT2D eigenvalue weighted by molar-refractivity contribution is 14.1. The Morgan fingerprint density at radius 3 is 1.54 bits per heavy atom. The third kappa shape index (κ3) is 16.7. The minimum Gasteiger partial charge on any atom is -0.464 e. The van der Waals surface area contributed by atoms with Gasteiger partial charge in [-0.05, 0) is 56.4 Å². The summed E-state index contributed by atoms with van der Waals surface area (Å²) in [5, 5.41) is 0. The van der Waals surface area contributed by atoms with Crippen molar-refractivity contribution in [1.82, 2.24) is 0 Å². The number of cyclic esters (lactones) is 4. The third-order valence-corrected chi connectivity index (χ3v) is 9.74. The molecule has 0 spiro atoms. The van der Waals surface area contributed by atoms with Crippen molar-refractivity contribution in [1.29, 1.82) is 0 Å². The molecule has 1 aromatic rings. The van der Waals surface area contributed by atoms with Crippen LogP contribution in [0.4, 0.5) is 0 Å². The summed E-state index contributed by atoms with van der Waals surface area (Å²) in [7, 11) is 0. The summed E-state index contributed by atoms with van der Waals surface area (Å²) in [5.41, 5.74) is 0.908. The van der Waals surface area contributed by atoms with Crippen molar-refractivity contribution in [3.05, 3.63) is 35.9 Å². The summed E-state index contributed by atoms with van der Waals surface area (Å²) in [5.74, 6) is -5.39. The van der Waals surface area contributed by atoms with E-state index in [1.54, 1.807) is 55.4 Å². The number of alkyl halides is 1. The number of carbonyl (C=O) groups is 6. The van der Waals surface area contributed by atoms with Crippen molar-refractivity contribution in [2.45, 2.75) is 139 Å². The number of rotatable bonds is 8. The van der Waals surface area contributed by atoms with Crippen LogP contribution in [-0.2, 0) is 63.6 Å². The quantitative estimate of drug-likeness (QED) is 0.108. The van der Waals surface area contributed by atoms with Gasteiger partial charge in [-0.2, -0.15) is 0 Å². The van der Waals surface area contributed by atoms with Gasteiger partial charge in [-0.25, -0.2) is 0 Å². The molecule has 56 heavy (non-hydrogen) atoms. The lowest BCUT2D eigenvalue weighted by molar-refractivity contribution is -0.178. The molecule has 2 aliphatic heterocycles. The monoisotopic (exact) mass is 902 g/mol. The zero-order valence-electron chi connectivity index (χ0n) is 34.1. The normalized spacial score (nSPS) is 27.4. The SMILES string of the molecule is C.CC(C)C(=O)O[C@H]1[C@H](C)OC(=O)[C@@H](C)COC(=O)[C@@H]1CC1CCCCC1.CC(C)C(=O)O[C@H]1[C@H](C)OC(=O)[C@@H](C)COC(=O)[C@@H]1Cc1ccccc1.CCI. The molecule has 0 bridgehead atoms. The molecule has 2 heterocycles. The standard InChI is InChI=1S/C20H32O6.C20H26O6.C2H5I.CH4/c2*1-12(2)18(21)26-17-14(4)25-19(22)13(3)11-24-20(23)16(17)10-15-8-6-5-7-9-15;1-2-3;/h12-17H,5-11H2,1-4H3;5-9,12-14,16-17H,10-11H2,1-4H3;2H2,1H3;1H4/t2*13-,14-,16+,17-;;/m00../s1. The summed E-state index contributed by atoms with van der Waals surface area (Å²) < 4.78 is 34.1. The minimum absolute atomic E-state index is 0. The number of halogens is 1. The van der Waals surface area contributed by atoms with Crippen LogP contribution in [0.5, 0.6) is 0 Å². The molecule has 1 aliphatic carbocycles. The van der Waals surface area contributed by atoms with E-state index in [1.165, 1.54) is 10.8 Å². The predicted octanol–water partition coefficient (Wildman–Crippen LogP) is 7.88. The first-order chi connectivity index (χ1) is 26.0. The molecule has 0 N–H and O–H groups in total. The van der Waals surface area contributed by atoms with Crippen molar-refractivity contribution in [3.63, 3.8) is 0 Å². The molecule has 4 rings (SSSR count). The van der Waals surface area contributed by atoms with Gasteiger partial charge in [-0.15, -0.1) is 0 Å². The Balaban J connectivity index is 0.000000515. The van der Waals surface area contributed by atoms with Gasteiger partial charge in [-0.3, -0.25) is 28.8 Å². The van der Waals surface area contributed by atoms with Crippen LogP contribution in [-0.4, -0.2) is 77.9 Å². The van der Waals surface area contributed by atoms with E-state index in [2.05, 4.69) is 29.5 Å². The second-order valence-electron chi connectivity index (χ2n) is 15.4. The maximum Gasteiger partial charge on any atom is 0.313 e. The molecule has 1 aromatic carbocycles. The maximum atomic E-state index is 12.8. The molecule has 2 saturated heterocycles. The average Bonchev–Trinajstić information content (AvgIpc) is 3.20. The van der Waals surface area contributed by atoms with Gasteiger partial charge in [0, 0.05) is 0 Å². The first-order valence-corrected chi connectivity index (χ1v) is 21.3. The van der Waals surface area contributed by atoms with Gasteiger partial charge in [0.1, 0.15) is 31.3 Å². The van der Waals surface area contributed by atoms with Crippen molar-refractivity contribution in [2.75, 3.05) is 17.6 Å². The number of ether oxygens (including phenoxy) is 6. The average molecular weight is 903 g/mol. The number of carbonyl (C=O) groups excluding carboxylic acids is 6. The first kappa shape index (κ1) is 50.8. The van der Waals surface area contributed by atoms with E-state index < -0.39 is 83.9 Å². The van der Waals surface area contributed by atoms with Crippen LogP contribution in [0.25, 0.3) is 0 Å². The number of hydrogen-bond acceptors (Lipinski definition) is 12. The predicted molar refractivity (Wildman–Crippen MR) is 220 cm³/mol. The molecule has 8 atom stereocenters. The lowest BCUT2D eigenvalue weighted by atomic mass is 9.80. The van der Waals surface area contributed by atoms with E-state index in [0.29, 0.717) is 18.8 Å². The van der Waals surface area contributed by atoms with E-state index in [1.807, 2.05) is 30.3 Å². The topological polar surface area (TPSA) is 158 Å². The molecule has 318 valence electrons. The van der Waals surface area contributed by atoms with Gasteiger partial charge >= 0.3 is 35.8 Å². The van der Waals surface area contributed by atoms with Crippen LogP contribution in [0, 0.1) is 41.4 Å². The summed E-state index contributed by atoms with van der Waals surface area (Å²) in [6.45, 7) is 15.6. The van der Waals surface area contributed by atoms with E-state index in [4.69, 9.17) is 28.4 Å². The van der Waals surface area contributed by atoms with Crippen molar-refractivity contribution in [3.8, 4) is 0 Å². The highest BCUT2D eigenvalue weighted by Gasteiger charge is 2.43. The van der Waals surface area contributed by atoms with Crippen molar-refractivity contribution >= 4 is 58.4 Å². The van der Waals surface area contributed by atoms with E-state index >= 15 is 0 Å². The Kier molecular flexibility index (Phi) is 23.5. The van der Waals surface area contributed by atoms with Crippen LogP contribution < -0.4 is 0 Å². The van der Waals surface area contributed by atoms with Crippen molar-refractivity contribution in [2.24, 2.45) is 41.4 Å². The largest absolute Gasteiger partial charge is 0.464 e. The molecule has 13 heteroatoms. The van der Waals surface area contributed by atoms with Gasteiger partial charge in [0.05, 0.1) is 29.6 Å². The number of hydrogen-bond donors (Lipinski definition) is 0. The lowest BCUT2D eigenvalue weighted by Crippen LogP contribution is -2.43. The number of esters is 6. The summed E-state index contributed by atoms with van der Waals surface area (Å²) in [6.07, 6.45) is 3.44. The lowest BCUT2D eigenvalue weighted by Gasteiger charge is -2.32. The molecular weight excluding hydrogens is 835 g/mol. The van der Waals surface area contributed by atoms with Crippen LogP contribution in [0.3, 0.4) is 0 Å². The zero-order chi connectivity index (χ0) is 41.2. The molecule has 0 unspecified atom stereocenters. The molecule has 3 aliphatic rings. The molecule has 0 radical (unpaired) electrons. The molecule has 1 saturated carbocycles. The summed E-state index contributed by atoms with van der Waals surface area (Å²) >= 11 is 2.29. The van der Waals surface area contributed by atoms with Crippen LogP contribution in [0.2, 0.25) is 0 Å². The van der Waals surface area contributed by atoms with Gasteiger partial charge < -0.3 is 28.4 Å². The Bertz CT molecular complexity index is 1380. The Hall–Kier alpha value is -3.23. The highest BCUT2D eigenvalue weighted by Crippen LogP contribution is 2.34. The minimum atomic E-state index is -0.910. The second kappa shape index (κ2) is 25.9. The Morgan fingerprint density at radius 1 is 0.696 bits per heavy atom. The zero-order valence-corrected chi connectivity index (χ0v) is 36.2. The summed E-state index contributed by atoms with van der Waals surface area (Å²) in [6, 6.07) is 9.40. The smallest absolute Gasteiger partial charge is 0.313 e. The maximum absolute atomic E-state index is 12.8. The summed E-state index contributed by atoms with van der Waals surface area (Å²) in [4.78, 5) is 74.1. The third-order valence-electron chi connectivity index (χ3n) is 9.74. The highest BCUT2D eigenvalue weighted by atomic mass is 127. The fourth-order valence-corrected chi connectivity index (χ4v) is 6.40. The van der Waals surface area contributed by atoms with Crippen LogP contribution >= 0.6 is 22.6 Å². The van der Waals surface area contributed by atoms with Gasteiger partial charge in [0.2, 0.25) is 0 Å². The Morgan fingerprint density at radius 2 is 1.11 bits per heavy atom. The van der Waals surface area contributed by atoms with E-state index in [-0.39, 0.29) is 32.5 Å². The van der Waals surface area contributed by atoms with Gasteiger partial charge in [-0.1, -0.05) is 127 Å². The van der Waals surface area contributed by atoms with E-state index in [9.17, 15) is 28.8 Å². The van der Waals surface area contributed by atoms with E-state index in [0.717, 1.165) is 31.2 Å². The fraction of sp³-hybridized carbons (Fsp3) is 0.721. The van der Waals surface area contributed by atoms with Gasteiger partial charge in [0.15, 0.2) is 12.2 Å².